The second kappa shape index (κ2) is 10.3. The van der Waals surface area contributed by atoms with Gasteiger partial charge in [-0.3, -0.25) is 0 Å². The molecule has 0 bridgehead atoms. The Morgan fingerprint density at radius 2 is 1.82 bits per heavy atom. The normalized spacial score (nSPS) is 17.3. The molecule has 0 spiro atoms. The van der Waals surface area contributed by atoms with Gasteiger partial charge in [0.1, 0.15) is 10.5 Å². The van der Waals surface area contributed by atoms with Gasteiger partial charge >= 0.3 is 9.28 Å². The molecule has 0 N–H and O–H groups in total. The molecular formula is C13H32O2Si2. The molecule has 0 radical (unpaired) electrons. The van der Waals surface area contributed by atoms with Crippen LogP contribution in [0.2, 0.25) is 6.04 Å². The highest BCUT2D eigenvalue weighted by Crippen LogP contribution is 2.15. The zero-order valence-electron chi connectivity index (χ0n) is 12.7. The first-order valence-electron chi connectivity index (χ1n) is 7.17. The maximum atomic E-state index is 6.08. The van der Waals surface area contributed by atoms with Crippen LogP contribution in [-0.4, -0.2) is 25.9 Å². The molecule has 0 aromatic heterocycles. The number of hydrogen-bond acceptors (Lipinski definition) is 2. The molecule has 0 rings (SSSR count). The van der Waals surface area contributed by atoms with Gasteiger partial charge in [-0.05, 0) is 31.2 Å². The van der Waals surface area contributed by atoms with Gasteiger partial charge in [0.25, 0.3) is 0 Å². The Bertz CT molecular complexity index is 177. The number of rotatable bonds is 10. The Balaban J connectivity index is 3.75. The zero-order chi connectivity index (χ0) is 13.3. The summed E-state index contributed by atoms with van der Waals surface area (Å²) in [5, 5.41) is 0. The van der Waals surface area contributed by atoms with Crippen LogP contribution in [0.25, 0.3) is 0 Å². The molecule has 0 fully saturated rings. The summed E-state index contributed by atoms with van der Waals surface area (Å²) < 4.78 is 11.8. The Morgan fingerprint density at radius 1 is 1.18 bits per heavy atom. The molecule has 0 aliphatic heterocycles. The fourth-order valence-corrected chi connectivity index (χ4v) is 4.78. The van der Waals surface area contributed by atoms with Gasteiger partial charge in [-0.1, -0.05) is 47.0 Å². The van der Waals surface area contributed by atoms with Crippen LogP contribution in [-0.2, 0) is 8.54 Å². The molecule has 2 nitrogen and oxygen atoms in total. The van der Waals surface area contributed by atoms with Gasteiger partial charge in [-0.25, -0.2) is 0 Å². The van der Waals surface area contributed by atoms with Gasteiger partial charge in [0.05, 0.1) is 0 Å². The van der Waals surface area contributed by atoms with E-state index in [0.29, 0.717) is 12.0 Å². The Morgan fingerprint density at radius 3 is 2.29 bits per heavy atom. The summed E-state index contributed by atoms with van der Waals surface area (Å²) in [6, 6.07) is 1.19. The summed E-state index contributed by atoms with van der Waals surface area (Å²) in [5.41, 5.74) is 0. The molecule has 17 heavy (non-hydrogen) atoms. The predicted molar refractivity (Wildman–Crippen MR) is 81.7 cm³/mol. The van der Waals surface area contributed by atoms with Crippen molar-refractivity contribution in [2.45, 2.75) is 72.5 Å². The van der Waals surface area contributed by atoms with Gasteiger partial charge in [0.2, 0.25) is 0 Å². The lowest BCUT2D eigenvalue weighted by atomic mass is 10.0. The van der Waals surface area contributed by atoms with Gasteiger partial charge in [0, 0.05) is 6.10 Å². The smallest absolute Gasteiger partial charge is 0.310 e. The lowest BCUT2D eigenvalue weighted by Gasteiger charge is -2.22. The van der Waals surface area contributed by atoms with Gasteiger partial charge < -0.3 is 8.54 Å². The fraction of sp³-hybridized carbons (Fsp3) is 1.00. The highest BCUT2D eigenvalue weighted by molar-refractivity contribution is 6.48. The minimum Gasteiger partial charge on any atom is -0.447 e. The SMILES string of the molecule is CCC(C)CCC[SiH](O[SiH3])OC(C)CC(C)C. The van der Waals surface area contributed by atoms with Crippen LogP contribution >= 0.6 is 0 Å². The van der Waals surface area contributed by atoms with Crippen molar-refractivity contribution in [2.24, 2.45) is 11.8 Å². The highest BCUT2D eigenvalue weighted by Gasteiger charge is 2.16. The summed E-state index contributed by atoms with van der Waals surface area (Å²) in [5.74, 6) is 1.57. The van der Waals surface area contributed by atoms with Crippen LogP contribution in [0.3, 0.4) is 0 Å². The Labute approximate surface area is 113 Å². The van der Waals surface area contributed by atoms with Crippen molar-refractivity contribution >= 4 is 19.8 Å². The molecule has 3 atom stereocenters. The summed E-state index contributed by atoms with van der Waals surface area (Å²) in [6.45, 7) is 11.3. The van der Waals surface area contributed by atoms with E-state index in [9.17, 15) is 0 Å². The third kappa shape index (κ3) is 10.0. The lowest BCUT2D eigenvalue weighted by Crippen LogP contribution is -2.27. The quantitative estimate of drug-likeness (QED) is 0.571. The van der Waals surface area contributed by atoms with Crippen molar-refractivity contribution in [3.8, 4) is 0 Å². The monoisotopic (exact) mass is 276 g/mol. The third-order valence-corrected chi connectivity index (χ3v) is 7.03. The van der Waals surface area contributed by atoms with Crippen LogP contribution < -0.4 is 0 Å². The van der Waals surface area contributed by atoms with Crippen LogP contribution in [0, 0.1) is 11.8 Å². The van der Waals surface area contributed by atoms with Gasteiger partial charge in [-0.2, -0.15) is 0 Å². The highest BCUT2D eigenvalue weighted by atomic mass is 28.3. The third-order valence-electron chi connectivity index (χ3n) is 3.28. The predicted octanol–water partition coefficient (Wildman–Crippen LogP) is 2.78. The first-order chi connectivity index (χ1) is 7.99. The van der Waals surface area contributed by atoms with Gasteiger partial charge in [-0.15, -0.1) is 0 Å². The average molecular weight is 277 g/mol. The van der Waals surface area contributed by atoms with Crippen LogP contribution in [0.1, 0.15) is 60.3 Å². The first kappa shape index (κ1) is 17.4. The van der Waals surface area contributed by atoms with E-state index in [1.165, 1.54) is 25.3 Å². The van der Waals surface area contributed by atoms with Crippen LogP contribution in [0.5, 0.6) is 0 Å². The van der Waals surface area contributed by atoms with E-state index in [4.69, 9.17) is 8.54 Å². The standard InChI is InChI=1S/C13H32O2Si2/c1-6-12(4)8-7-9-17(15-16)14-13(5)10-11(2)3/h11-13,17H,6-10H2,1-5,16H3. The fourth-order valence-electron chi connectivity index (χ4n) is 2.06. The molecule has 0 aromatic rings. The zero-order valence-corrected chi connectivity index (χ0v) is 15.8. The topological polar surface area (TPSA) is 18.5 Å². The van der Waals surface area contributed by atoms with Crippen LogP contribution in [0.4, 0.5) is 0 Å². The first-order valence-corrected chi connectivity index (χ1v) is 9.75. The van der Waals surface area contributed by atoms with E-state index in [1.54, 1.807) is 0 Å². The summed E-state index contributed by atoms with van der Waals surface area (Å²) in [4.78, 5) is 0. The molecule has 104 valence electrons. The average Bonchev–Trinajstić information content (AvgIpc) is 2.26. The molecule has 0 aliphatic rings. The molecule has 0 aromatic carbocycles. The molecule has 0 amide bonds. The van der Waals surface area contributed by atoms with E-state index in [0.717, 1.165) is 22.8 Å². The van der Waals surface area contributed by atoms with Crippen molar-refractivity contribution in [2.75, 3.05) is 0 Å². The molecule has 0 aliphatic carbocycles. The second-order valence-corrected chi connectivity index (χ2v) is 9.28. The lowest BCUT2D eigenvalue weighted by molar-refractivity contribution is 0.164. The van der Waals surface area contributed by atoms with Crippen molar-refractivity contribution < 1.29 is 8.54 Å². The molecule has 0 saturated heterocycles. The molecule has 3 unspecified atom stereocenters. The maximum Gasteiger partial charge on any atom is 0.310 e. The van der Waals surface area contributed by atoms with Crippen molar-refractivity contribution in [3.63, 3.8) is 0 Å². The summed E-state index contributed by atoms with van der Waals surface area (Å²) in [7, 11) is -0.511. The van der Waals surface area contributed by atoms with E-state index in [1.807, 2.05) is 0 Å². The molecule has 0 saturated carbocycles. The molecule has 4 heteroatoms. The molecule has 0 heterocycles. The second-order valence-electron chi connectivity index (χ2n) is 5.69. The summed E-state index contributed by atoms with van der Waals surface area (Å²) >= 11 is 0. The molecular weight excluding hydrogens is 244 g/mol. The van der Waals surface area contributed by atoms with E-state index in [-0.39, 0.29) is 0 Å². The van der Waals surface area contributed by atoms with E-state index in [2.05, 4.69) is 34.6 Å². The van der Waals surface area contributed by atoms with Crippen molar-refractivity contribution in [3.05, 3.63) is 0 Å². The van der Waals surface area contributed by atoms with Crippen molar-refractivity contribution in [1.82, 2.24) is 0 Å². The maximum absolute atomic E-state index is 6.08. The minimum absolute atomic E-state index is 0.379. The van der Waals surface area contributed by atoms with Crippen molar-refractivity contribution in [1.29, 1.82) is 0 Å². The van der Waals surface area contributed by atoms with Crippen LogP contribution in [0.15, 0.2) is 0 Å². The minimum atomic E-state index is -1.34. The summed E-state index contributed by atoms with van der Waals surface area (Å²) in [6.07, 6.45) is 5.43. The number of hydrogen-bond donors (Lipinski definition) is 0. The van der Waals surface area contributed by atoms with E-state index < -0.39 is 9.28 Å². The largest absolute Gasteiger partial charge is 0.447 e. The Kier molecular flexibility index (Phi) is 10.5. The van der Waals surface area contributed by atoms with E-state index >= 15 is 0 Å². The van der Waals surface area contributed by atoms with Gasteiger partial charge in [0.15, 0.2) is 0 Å². The Hall–Kier alpha value is 0.354.